The Balaban J connectivity index is 1.71. The number of carbonyl (C=O) groups excluding carboxylic acids is 3. The molecule has 0 spiro atoms. The van der Waals surface area contributed by atoms with E-state index in [4.69, 9.17) is 9.47 Å². The number of imidazole rings is 1. The molecule has 0 aliphatic carbocycles. The summed E-state index contributed by atoms with van der Waals surface area (Å²) in [5.41, 5.74) is 1.40. The smallest absolute Gasteiger partial charge is 0.332 e. The number of nitrogens with one attached hydrogen (secondary N) is 1. The number of rotatable bonds is 6. The van der Waals surface area contributed by atoms with E-state index in [0.29, 0.717) is 30.5 Å². The van der Waals surface area contributed by atoms with E-state index in [1.807, 2.05) is 12.1 Å². The number of carbonyl (C=O) groups is 3. The summed E-state index contributed by atoms with van der Waals surface area (Å²) in [5, 5.41) is 2.30. The number of nitrogens with zero attached hydrogens (tertiary/aromatic N) is 2. The molecule has 0 saturated carbocycles. The van der Waals surface area contributed by atoms with Crippen molar-refractivity contribution in [3.05, 3.63) is 34.2 Å². The van der Waals surface area contributed by atoms with E-state index in [1.54, 1.807) is 33.9 Å². The molecule has 1 aliphatic heterocycles. The van der Waals surface area contributed by atoms with Crippen molar-refractivity contribution in [1.82, 2.24) is 14.5 Å². The zero-order chi connectivity index (χ0) is 22.1. The van der Waals surface area contributed by atoms with E-state index < -0.39 is 23.5 Å². The number of aryl methyl sites for hydroxylation is 1. The highest BCUT2D eigenvalue weighted by molar-refractivity contribution is 6.00. The lowest BCUT2D eigenvalue weighted by atomic mass is 10.1. The van der Waals surface area contributed by atoms with Gasteiger partial charge in [0.2, 0.25) is 11.8 Å². The molecule has 2 amide bonds. The second kappa shape index (κ2) is 8.43. The summed E-state index contributed by atoms with van der Waals surface area (Å²) in [6, 6.07) is 4.82. The first kappa shape index (κ1) is 21.8. The summed E-state index contributed by atoms with van der Waals surface area (Å²) in [4.78, 5) is 48.1. The Morgan fingerprint density at radius 2 is 1.93 bits per heavy atom. The first-order valence-electron chi connectivity index (χ1n) is 9.90. The molecule has 1 saturated heterocycles. The maximum absolute atomic E-state index is 12.8. The number of ether oxygens (including phenoxy) is 2. The van der Waals surface area contributed by atoms with E-state index in [-0.39, 0.29) is 24.6 Å². The van der Waals surface area contributed by atoms with Crippen LogP contribution in [0.1, 0.15) is 45.2 Å². The predicted octanol–water partition coefficient (Wildman–Crippen LogP) is 1.22. The molecule has 1 aliphatic rings. The molecular weight excluding hydrogens is 390 g/mol. The van der Waals surface area contributed by atoms with Gasteiger partial charge >= 0.3 is 11.7 Å². The molecule has 9 heteroatoms. The lowest BCUT2D eigenvalue weighted by Gasteiger charge is -2.21. The molecule has 1 fully saturated rings. The van der Waals surface area contributed by atoms with Gasteiger partial charge in [0.1, 0.15) is 18.2 Å². The molecule has 2 heterocycles. The highest BCUT2D eigenvalue weighted by Crippen LogP contribution is 2.23. The van der Waals surface area contributed by atoms with E-state index in [0.717, 1.165) is 5.56 Å². The molecule has 0 radical (unpaired) electrons. The Hall–Kier alpha value is -2.94. The molecule has 162 valence electrons. The average molecular weight is 417 g/mol. The predicted molar refractivity (Wildman–Crippen MR) is 109 cm³/mol. The third kappa shape index (κ3) is 4.79. The minimum absolute atomic E-state index is 0.121. The van der Waals surface area contributed by atoms with Crippen LogP contribution in [0.2, 0.25) is 0 Å². The van der Waals surface area contributed by atoms with Gasteiger partial charge in [-0.15, -0.1) is 0 Å². The summed E-state index contributed by atoms with van der Waals surface area (Å²) in [5.74, 6) is -1.19. The maximum Gasteiger partial charge on any atom is 0.332 e. The van der Waals surface area contributed by atoms with Crippen LogP contribution in [0.25, 0.3) is 11.0 Å². The van der Waals surface area contributed by atoms with Crippen LogP contribution in [0.4, 0.5) is 0 Å². The summed E-state index contributed by atoms with van der Waals surface area (Å²) in [7, 11) is 1.65. The van der Waals surface area contributed by atoms with E-state index in [1.165, 1.54) is 9.13 Å². The van der Waals surface area contributed by atoms with Gasteiger partial charge in [-0.05, 0) is 51.3 Å². The van der Waals surface area contributed by atoms with E-state index in [9.17, 15) is 19.2 Å². The molecule has 1 unspecified atom stereocenters. The Morgan fingerprint density at radius 1 is 1.20 bits per heavy atom. The number of piperidine rings is 1. The molecule has 1 atom stereocenters. The van der Waals surface area contributed by atoms with Crippen LogP contribution in [0.3, 0.4) is 0 Å². The average Bonchev–Trinajstić information content (AvgIpc) is 2.88. The minimum atomic E-state index is -0.707. The van der Waals surface area contributed by atoms with Crippen LogP contribution in [-0.2, 0) is 37.3 Å². The van der Waals surface area contributed by atoms with Gasteiger partial charge in [-0.25, -0.2) is 9.59 Å². The third-order valence-corrected chi connectivity index (χ3v) is 4.85. The van der Waals surface area contributed by atoms with Crippen molar-refractivity contribution in [2.24, 2.45) is 7.05 Å². The van der Waals surface area contributed by atoms with Gasteiger partial charge < -0.3 is 9.47 Å². The van der Waals surface area contributed by atoms with Gasteiger partial charge in [0.25, 0.3) is 0 Å². The highest BCUT2D eigenvalue weighted by Gasteiger charge is 2.31. The number of aromatic nitrogens is 2. The van der Waals surface area contributed by atoms with Crippen molar-refractivity contribution in [3.8, 4) is 0 Å². The zero-order valence-electron chi connectivity index (χ0n) is 17.7. The van der Waals surface area contributed by atoms with Crippen molar-refractivity contribution in [2.45, 2.75) is 51.7 Å². The SMILES string of the molecule is Cn1c(=O)n(C2CCC(=O)NC2=O)c2ccc(CCOCC(=O)OC(C)(C)C)cc21. The molecule has 1 N–H and O–H groups in total. The largest absolute Gasteiger partial charge is 0.458 e. The molecular formula is C21H27N3O6. The molecule has 3 rings (SSSR count). The van der Waals surface area contributed by atoms with Crippen LogP contribution in [-0.4, -0.2) is 45.7 Å². The van der Waals surface area contributed by atoms with Crippen LogP contribution < -0.4 is 11.0 Å². The summed E-state index contributed by atoms with van der Waals surface area (Å²) >= 11 is 0. The molecule has 1 aromatic heterocycles. The van der Waals surface area contributed by atoms with Crippen molar-refractivity contribution in [1.29, 1.82) is 0 Å². The molecule has 9 nitrogen and oxygen atoms in total. The van der Waals surface area contributed by atoms with Crippen LogP contribution in [0.5, 0.6) is 0 Å². The number of benzene rings is 1. The number of esters is 1. The lowest BCUT2D eigenvalue weighted by Crippen LogP contribution is -2.44. The molecule has 2 aromatic rings. The van der Waals surface area contributed by atoms with Crippen molar-refractivity contribution in [2.75, 3.05) is 13.2 Å². The fraction of sp³-hybridized carbons (Fsp3) is 0.524. The number of amides is 2. The van der Waals surface area contributed by atoms with Crippen molar-refractivity contribution >= 4 is 28.8 Å². The topological polar surface area (TPSA) is 109 Å². The van der Waals surface area contributed by atoms with Crippen molar-refractivity contribution < 1.29 is 23.9 Å². The van der Waals surface area contributed by atoms with E-state index >= 15 is 0 Å². The first-order valence-corrected chi connectivity index (χ1v) is 9.90. The van der Waals surface area contributed by atoms with Crippen molar-refractivity contribution in [3.63, 3.8) is 0 Å². The Labute approximate surface area is 173 Å². The van der Waals surface area contributed by atoms with Gasteiger partial charge in [-0.1, -0.05) is 6.07 Å². The number of fused-ring (bicyclic) bond motifs is 1. The van der Waals surface area contributed by atoms with Gasteiger partial charge in [-0.2, -0.15) is 0 Å². The number of hydrogen-bond donors (Lipinski definition) is 1. The Kier molecular flexibility index (Phi) is 6.12. The normalized spacial score (nSPS) is 17.3. The third-order valence-electron chi connectivity index (χ3n) is 4.85. The Morgan fingerprint density at radius 3 is 2.60 bits per heavy atom. The molecule has 30 heavy (non-hydrogen) atoms. The quantitative estimate of drug-likeness (QED) is 0.430. The van der Waals surface area contributed by atoms with Gasteiger partial charge in [-0.3, -0.25) is 24.0 Å². The van der Waals surface area contributed by atoms with E-state index in [2.05, 4.69) is 5.32 Å². The second-order valence-electron chi connectivity index (χ2n) is 8.39. The van der Waals surface area contributed by atoms with Gasteiger partial charge in [0.15, 0.2) is 0 Å². The molecule has 0 bridgehead atoms. The van der Waals surface area contributed by atoms with Crippen LogP contribution >= 0.6 is 0 Å². The minimum Gasteiger partial charge on any atom is -0.458 e. The summed E-state index contributed by atoms with van der Waals surface area (Å²) in [6.07, 6.45) is 1.05. The zero-order valence-corrected chi connectivity index (χ0v) is 17.7. The Bertz CT molecular complexity index is 1040. The highest BCUT2D eigenvalue weighted by atomic mass is 16.6. The summed E-state index contributed by atoms with van der Waals surface area (Å²) in [6.45, 7) is 5.60. The fourth-order valence-corrected chi connectivity index (χ4v) is 3.51. The van der Waals surface area contributed by atoms with Gasteiger partial charge in [0.05, 0.1) is 17.6 Å². The van der Waals surface area contributed by atoms with Gasteiger partial charge in [0, 0.05) is 13.5 Å². The van der Waals surface area contributed by atoms with Crippen LogP contribution in [0.15, 0.2) is 23.0 Å². The summed E-state index contributed by atoms with van der Waals surface area (Å²) < 4.78 is 13.5. The fourth-order valence-electron chi connectivity index (χ4n) is 3.51. The second-order valence-corrected chi connectivity index (χ2v) is 8.39. The standard InChI is InChI=1S/C21H27N3O6/c1-21(2,3)30-18(26)12-29-10-9-13-5-6-14-16(11-13)23(4)20(28)24(14)15-7-8-17(25)22-19(15)27/h5-6,11,15H,7-10,12H2,1-4H3,(H,22,25,27). The number of imide groups is 1. The van der Waals surface area contributed by atoms with Crippen LogP contribution in [0, 0.1) is 0 Å². The molecule has 1 aromatic carbocycles. The number of hydrogen-bond acceptors (Lipinski definition) is 6. The maximum atomic E-state index is 12.8. The monoisotopic (exact) mass is 417 g/mol. The first-order chi connectivity index (χ1) is 14.1. The lowest BCUT2D eigenvalue weighted by molar-refractivity contribution is -0.160.